The second-order valence-electron chi connectivity index (χ2n) is 17.8. The van der Waals surface area contributed by atoms with E-state index in [1.165, 1.54) is 24.3 Å². The third-order valence-corrected chi connectivity index (χ3v) is 13.0. The molecule has 2 N–H and O–H groups in total. The lowest BCUT2D eigenvalue weighted by Gasteiger charge is -2.40. The van der Waals surface area contributed by atoms with Gasteiger partial charge in [-0.25, -0.2) is 0 Å². The number of carbonyl (C=O) groups is 2. The van der Waals surface area contributed by atoms with Gasteiger partial charge in [0.1, 0.15) is 44.5 Å². The van der Waals surface area contributed by atoms with Gasteiger partial charge in [0.05, 0.1) is 11.4 Å². The molecule has 0 bridgehead atoms. The first-order chi connectivity index (χ1) is 37.6. The van der Waals surface area contributed by atoms with Crippen molar-refractivity contribution in [2.45, 2.75) is 44.5 Å². The molecule has 78 heavy (non-hydrogen) atoms. The largest absolute Gasteiger partial charge is 0.485 e. The van der Waals surface area contributed by atoms with E-state index in [9.17, 15) is 29.0 Å². The number of carbonyl (C=O) groups excluding carboxylic acids is 2. The molecule has 0 fully saturated rings. The number of nitrogens with one attached hydrogen (secondary N) is 2. The van der Waals surface area contributed by atoms with E-state index in [-0.39, 0.29) is 97.4 Å². The van der Waals surface area contributed by atoms with Crippen LogP contribution in [0.4, 0.5) is 30.8 Å². The van der Waals surface area contributed by atoms with Gasteiger partial charge in [-0.2, -0.15) is 0 Å². The summed E-state index contributed by atoms with van der Waals surface area (Å²) in [6.45, 7) is 0.149. The Balaban J connectivity index is 1.09. The van der Waals surface area contributed by atoms with Crippen molar-refractivity contribution < 1.29 is 57.4 Å². The van der Waals surface area contributed by atoms with Gasteiger partial charge >= 0.3 is 10.2 Å². The molecule has 0 aromatic heterocycles. The van der Waals surface area contributed by atoms with Gasteiger partial charge in [-0.1, -0.05) is 201 Å². The van der Waals surface area contributed by atoms with Crippen molar-refractivity contribution in [2.75, 3.05) is 10.6 Å². The molecule has 0 aliphatic carbocycles. The van der Waals surface area contributed by atoms with Crippen molar-refractivity contribution in [1.82, 2.24) is 0 Å². The Morgan fingerprint density at radius 1 is 0.321 bits per heavy atom. The van der Waals surface area contributed by atoms with Gasteiger partial charge in [0.25, 0.3) is 11.8 Å². The van der Waals surface area contributed by atoms with Crippen molar-refractivity contribution in [3.05, 3.63) is 269 Å². The maximum Gasteiger partial charge on any atom is 0.310 e. The first-order valence-corrected chi connectivity index (χ1v) is 26.4. The first kappa shape index (κ1) is 53.5. The molecule has 9 aromatic carbocycles. The molecule has 0 atom stereocenters. The third-order valence-electron chi connectivity index (χ3n) is 11.9. The predicted molar refractivity (Wildman–Crippen MR) is 291 cm³/mol. The molecular formula is C62H51F5N2O8S. The molecule has 0 saturated carbocycles. The quantitative estimate of drug-likeness (QED) is 0.0609. The van der Waals surface area contributed by atoms with Gasteiger partial charge in [-0.3, -0.25) is 9.59 Å². The molecule has 9 aromatic rings. The monoisotopic (exact) mass is 1080 g/mol. The van der Waals surface area contributed by atoms with Gasteiger partial charge in [0, 0.05) is 11.1 Å². The van der Waals surface area contributed by atoms with Crippen LogP contribution in [0.1, 0.15) is 54.1 Å². The number of halogens is 5. The molecule has 0 unspecified atom stereocenters. The van der Waals surface area contributed by atoms with E-state index >= 15 is 0 Å². The molecule has 0 radical (unpaired) electrons. The topological polar surface area (TPSA) is 114 Å². The normalized spacial score (nSPS) is 12.0. The minimum atomic E-state index is -10.4. The first-order valence-electron chi connectivity index (χ1n) is 24.5. The summed E-state index contributed by atoms with van der Waals surface area (Å²) < 4.78 is 111. The molecular weight excluding hydrogens is 1030 g/mol. The van der Waals surface area contributed by atoms with E-state index in [1.807, 2.05) is 182 Å². The maximum absolute atomic E-state index is 14.6. The Morgan fingerprint density at radius 3 is 0.846 bits per heavy atom. The van der Waals surface area contributed by atoms with E-state index in [2.05, 4.69) is 10.6 Å². The summed E-state index contributed by atoms with van der Waals surface area (Å²) in [5.74, 6) is -1.59. The number of amides is 2. The summed E-state index contributed by atoms with van der Waals surface area (Å²) in [6.07, 6.45) is 0. The van der Waals surface area contributed by atoms with Crippen LogP contribution in [0.2, 0.25) is 0 Å². The van der Waals surface area contributed by atoms with Gasteiger partial charge in [0.15, 0.2) is 23.0 Å². The van der Waals surface area contributed by atoms with Crippen molar-refractivity contribution in [1.29, 1.82) is 0 Å². The van der Waals surface area contributed by atoms with Crippen LogP contribution < -0.4 is 39.1 Å². The highest BCUT2D eigenvalue weighted by Gasteiger charge is 2.65. The van der Waals surface area contributed by atoms with Gasteiger partial charge in [-0.15, -0.1) is 0 Å². The summed E-state index contributed by atoms with van der Waals surface area (Å²) in [5.41, 5.74) is 3.01. The molecule has 10 nitrogen and oxygen atoms in total. The number of ether oxygens (including phenoxy) is 6. The fourth-order valence-electron chi connectivity index (χ4n) is 7.89. The second-order valence-corrected chi connectivity index (χ2v) is 20.2. The van der Waals surface area contributed by atoms with Crippen LogP contribution in [0.15, 0.2) is 229 Å². The van der Waals surface area contributed by atoms with Crippen molar-refractivity contribution in [2.24, 2.45) is 0 Å². The lowest BCUT2D eigenvalue weighted by atomic mass is 10.1. The third kappa shape index (κ3) is 14.8. The van der Waals surface area contributed by atoms with Crippen LogP contribution in [0.3, 0.4) is 0 Å². The zero-order valence-corrected chi connectivity index (χ0v) is 42.5. The minimum absolute atomic E-state index is 0.00792. The lowest BCUT2D eigenvalue weighted by molar-refractivity contribution is 0.101. The Bertz CT molecular complexity index is 3350. The zero-order valence-electron chi connectivity index (χ0n) is 41.7. The van der Waals surface area contributed by atoms with E-state index < -0.39 is 38.3 Å². The summed E-state index contributed by atoms with van der Waals surface area (Å²) in [5, 5.41) is 4.90. The van der Waals surface area contributed by atoms with E-state index in [0.29, 0.717) is 6.07 Å². The van der Waals surface area contributed by atoms with Crippen LogP contribution >= 0.6 is 10.2 Å². The van der Waals surface area contributed by atoms with Crippen LogP contribution in [-0.4, -0.2) is 11.8 Å². The fourth-order valence-corrected chi connectivity index (χ4v) is 8.56. The highest BCUT2D eigenvalue weighted by molar-refractivity contribution is 8.45. The summed E-state index contributed by atoms with van der Waals surface area (Å²) in [6, 6.07) is 61.3. The fraction of sp³-hybridized carbons (Fsp3) is 0.0968. The van der Waals surface area contributed by atoms with Crippen LogP contribution in [-0.2, 0) is 39.6 Å². The number of hydrogen-bond donors (Lipinski definition) is 2. The lowest BCUT2D eigenvalue weighted by Crippen LogP contribution is -2.18. The molecule has 398 valence electrons. The smallest absolute Gasteiger partial charge is 0.310 e. The molecule has 0 spiro atoms. The molecule has 0 aliphatic rings. The highest BCUT2D eigenvalue weighted by Crippen LogP contribution is 3.02. The Kier molecular flexibility index (Phi) is 16.0. The number of hydrogen-bond acceptors (Lipinski definition) is 8. The van der Waals surface area contributed by atoms with Crippen molar-refractivity contribution in [3.8, 4) is 34.5 Å². The van der Waals surface area contributed by atoms with Crippen LogP contribution in [0, 0.1) is 0 Å². The SMILES string of the molecule is O=C(Nc1ccc(S(F)(F)(F)(F)F)cc1NC(=O)c1cc(OCc2ccccc2)c(OCc2ccccc2)c(OCc2ccccc2)c1)c1cc(OCc2ccccc2)c(OCc2ccccc2)c(OCc2ccccc2)c1. The second kappa shape index (κ2) is 23.3. The Labute approximate surface area is 447 Å². The zero-order chi connectivity index (χ0) is 54.4. The highest BCUT2D eigenvalue weighted by atomic mass is 32.5. The summed E-state index contributed by atoms with van der Waals surface area (Å²) in [7, 11) is -10.4. The molecule has 0 aliphatic heterocycles. The maximum atomic E-state index is 14.6. The molecule has 16 heteroatoms. The molecule has 2 amide bonds. The average molecular weight is 1080 g/mol. The molecule has 0 saturated heterocycles. The van der Waals surface area contributed by atoms with E-state index in [1.54, 1.807) is 0 Å². The number of anilines is 2. The van der Waals surface area contributed by atoms with E-state index in [0.717, 1.165) is 33.4 Å². The Hall–Kier alpha value is -9.28. The average Bonchev–Trinajstić information content (AvgIpc) is 3.33. The molecule has 0 heterocycles. The Morgan fingerprint density at radius 2 is 0.577 bits per heavy atom. The van der Waals surface area contributed by atoms with Crippen molar-refractivity contribution >= 4 is 33.4 Å². The van der Waals surface area contributed by atoms with Crippen molar-refractivity contribution in [3.63, 3.8) is 0 Å². The van der Waals surface area contributed by atoms with E-state index in [4.69, 9.17) is 28.4 Å². The number of rotatable bonds is 23. The van der Waals surface area contributed by atoms with Crippen LogP contribution in [0.25, 0.3) is 0 Å². The standard InChI is InChI=1S/C62H51F5N2O8S/c63-78(64,65,66,67)52-31-32-53(68-61(70)50-33-55(72-38-44-19-7-1-8-20-44)59(76-42-48-27-15-5-16-28-48)56(34-50)73-39-45-21-9-2-10-22-45)54(37-52)69-62(71)51-35-57(74-40-46-23-11-3-12-24-46)60(77-43-49-29-17-6-18-30-49)58(36-51)75-41-47-25-13-4-14-26-47/h1-37H,38-43H2,(H,68,70)(H,69,71). The van der Waals surface area contributed by atoms with Gasteiger partial charge < -0.3 is 39.1 Å². The number of benzene rings is 9. The summed E-state index contributed by atoms with van der Waals surface area (Å²) >= 11 is 0. The summed E-state index contributed by atoms with van der Waals surface area (Å²) in [4.78, 5) is 26.8. The minimum Gasteiger partial charge on any atom is -0.485 e. The van der Waals surface area contributed by atoms with Crippen LogP contribution in [0.5, 0.6) is 34.5 Å². The predicted octanol–water partition coefficient (Wildman–Crippen LogP) is 16.3. The molecule has 9 rings (SSSR count). The van der Waals surface area contributed by atoms with Gasteiger partial charge in [0.2, 0.25) is 11.5 Å². The van der Waals surface area contributed by atoms with Gasteiger partial charge in [-0.05, 0) is 75.8 Å².